The van der Waals surface area contributed by atoms with Gasteiger partial charge < -0.3 is 10.5 Å². The first kappa shape index (κ1) is 14.3. The molecule has 0 aliphatic rings. The SMILES string of the molecule is CC(N)CCC(=O)c1ccc(Oc2ccccc2)cc1. The highest BCUT2D eigenvalue weighted by Crippen LogP contribution is 2.21. The van der Waals surface area contributed by atoms with Gasteiger partial charge in [0.1, 0.15) is 11.5 Å². The molecule has 0 aliphatic heterocycles. The molecule has 1 atom stereocenters. The smallest absolute Gasteiger partial charge is 0.162 e. The lowest BCUT2D eigenvalue weighted by Gasteiger charge is -2.07. The molecule has 104 valence electrons. The zero-order valence-electron chi connectivity index (χ0n) is 11.6. The lowest BCUT2D eigenvalue weighted by atomic mass is 10.0. The molecule has 3 nitrogen and oxygen atoms in total. The Labute approximate surface area is 119 Å². The van der Waals surface area contributed by atoms with Gasteiger partial charge in [-0.15, -0.1) is 0 Å². The molecule has 0 aliphatic carbocycles. The molecule has 0 spiro atoms. The van der Waals surface area contributed by atoms with E-state index in [-0.39, 0.29) is 11.8 Å². The zero-order chi connectivity index (χ0) is 14.4. The molecule has 2 rings (SSSR count). The van der Waals surface area contributed by atoms with Crippen LogP contribution in [0.25, 0.3) is 0 Å². The molecule has 0 saturated carbocycles. The van der Waals surface area contributed by atoms with E-state index >= 15 is 0 Å². The number of Topliss-reactive ketones (excluding diaryl/α,β-unsaturated/α-hetero) is 1. The van der Waals surface area contributed by atoms with Crippen LogP contribution in [0.5, 0.6) is 11.5 Å². The molecule has 2 aromatic rings. The van der Waals surface area contributed by atoms with E-state index in [1.54, 1.807) is 12.1 Å². The van der Waals surface area contributed by atoms with Crippen LogP contribution in [0.1, 0.15) is 30.1 Å². The van der Waals surface area contributed by atoms with Crippen molar-refractivity contribution in [3.63, 3.8) is 0 Å². The van der Waals surface area contributed by atoms with Crippen LogP contribution < -0.4 is 10.5 Å². The average Bonchev–Trinajstić information content (AvgIpc) is 2.46. The van der Waals surface area contributed by atoms with Crippen LogP contribution >= 0.6 is 0 Å². The third-order valence-electron chi connectivity index (χ3n) is 2.98. The van der Waals surface area contributed by atoms with Gasteiger partial charge in [0, 0.05) is 18.0 Å². The number of carbonyl (C=O) groups excluding carboxylic acids is 1. The summed E-state index contributed by atoms with van der Waals surface area (Å²) < 4.78 is 5.68. The molecule has 0 radical (unpaired) electrons. The van der Waals surface area contributed by atoms with E-state index in [2.05, 4.69) is 0 Å². The summed E-state index contributed by atoms with van der Waals surface area (Å²) in [6.45, 7) is 1.91. The molecule has 3 heteroatoms. The van der Waals surface area contributed by atoms with Crippen molar-refractivity contribution in [2.24, 2.45) is 5.73 Å². The van der Waals surface area contributed by atoms with E-state index in [4.69, 9.17) is 10.5 Å². The summed E-state index contributed by atoms with van der Waals surface area (Å²) in [5.74, 6) is 1.62. The van der Waals surface area contributed by atoms with E-state index in [1.807, 2.05) is 49.4 Å². The molecule has 0 bridgehead atoms. The van der Waals surface area contributed by atoms with Crippen LogP contribution in [0, 0.1) is 0 Å². The van der Waals surface area contributed by atoms with E-state index in [9.17, 15) is 4.79 Å². The Balaban J connectivity index is 1.97. The first-order chi connectivity index (χ1) is 9.65. The van der Waals surface area contributed by atoms with Crippen molar-refractivity contribution in [2.75, 3.05) is 0 Å². The molecular formula is C17H19NO2. The highest BCUT2D eigenvalue weighted by atomic mass is 16.5. The fraction of sp³-hybridized carbons (Fsp3) is 0.235. The summed E-state index contributed by atoms with van der Waals surface area (Å²) in [5, 5.41) is 0. The predicted molar refractivity (Wildman–Crippen MR) is 80.2 cm³/mol. The maximum Gasteiger partial charge on any atom is 0.162 e. The number of benzene rings is 2. The molecule has 20 heavy (non-hydrogen) atoms. The average molecular weight is 269 g/mol. The van der Waals surface area contributed by atoms with Gasteiger partial charge in [-0.25, -0.2) is 0 Å². The lowest BCUT2D eigenvalue weighted by Crippen LogP contribution is -2.16. The zero-order valence-corrected chi connectivity index (χ0v) is 11.6. The number of para-hydroxylation sites is 1. The van der Waals surface area contributed by atoms with E-state index in [1.165, 1.54) is 0 Å². The Bertz CT molecular complexity index is 547. The standard InChI is InChI=1S/C17H19NO2/c1-13(18)7-12-17(19)14-8-10-16(11-9-14)20-15-5-3-2-4-6-15/h2-6,8-11,13H,7,12,18H2,1H3. The van der Waals surface area contributed by atoms with Gasteiger partial charge >= 0.3 is 0 Å². The topological polar surface area (TPSA) is 52.3 Å². The molecule has 2 aromatic carbocycles. The molecule has 0 heterocycles. The van der Waals surface area contributed by atoms with Crippen molar-refractivity contribution < 1.29 is 9.53 Å². The fourth-order valence-corrected chi connectivity index (χ4v) is 1.84. The number of carbonyl (C=O) groups is 1. The summed E-state index contributed by atoms with van der Waals surface area (Å²) in [6, 6.07) is 16.8. The third-order valence-corrected chi connectivity index (χ3v) is 2.98. The van der Waals surface area contributed by atoms with E-state index in [0.717, 1.165) is 11.5 Å². The normalized spacial score (nSPS) is 11.9. The van der Waals surface area contributed by atoms with Crippen molar-refractivity contribution in [2.45, 2.75) is 25.8 Å². The van der Waals surface area contributed by atoms with Gasteiger partial charge in [-0.2, -0.15) is 0 Å². The van der Waals surface area contributed by atoms with Crippen LogP contribution in [0.4, 0.5) is 0 Å². The van der Waals surface area contributed by atoms with Crippen LogP contribution in [0.3, 0.4) is 0 Å². The highest BCUT2D eigenvalue weighted by molar-refractivity contribution is 5.96. The Hall–Kier alpha value is -2.13. The fourth-order valence-electron chi connectivity index (χ4n) is 1.84. The van der Waals surface area contributed by atoms with Crippen LogP contribution in [-0.2, 0) is 0 Å². The third kappa shape index (κ3) is 4.21. The minimum Gasteiger partial charge on any atom is -0.457 e. The maximum absolute atomic E-state index is 11.9. The van der Waals surface area contributed by atoms with Crippen LogP contribution in [0.15, 0.2) is 54.6 Å². The predicted octanol–water partition coefficient (Wildman–Crippen LogP) is 3.79. The van der Waals surface area contributed by atoms with Crippen molar-refractivity contribution >= 4 is 5.78 Å². The van der Waals surface area contributed by atoms with Gasteiger partial charge in [0.2, 0.25) is 0 Å². The second-order valence-corrected chi connectivity index (χ2v) is 4.88. The van der Waals surface area contributed by atoms with Gasteiger partial charge in [-0.3, -0.25) is 4.79 Å². The molecule has 0 amide bonds. The number of ether oxygens (including phenoxy) is 1. The Morgan fingerprint density at radius 1 is 1.05 bits per heavy atom. The number of hydrogen-bond acceptors (Lipinski definition) is 3. The van der Waals surface area contributed by atoms with E-state index < -0.39 is 0 Å². The minimum absolute atomic E-state index is 0.0552. The Morgan fingerprint density at radius 3 is 2.25 bits per heavy atom. The Kier molecular flexibility index (Phi) is 4.91. The second kappa shape index (κ2) is 6.87. The second-order valence-electron chi connectivity index (χ2n) is 4.88. The van der Waals surface area contributed by atoms with Crippen molar-refractivity contribution in [1.29, 1.82) is 0 Å². The first-order valence-electron chi connectivity index (χ1n) is 6.77. The van der Waals surface area contributed by atoms with Gasteiger partial charge in [0.25, 0.3) is 0 Å². The lowest BCUT2D eigenvalue weighted by molar-refractivity contribution is 0.0978. The molecule has 0 aromatic heterocycles. The largest absolute Gasteiger partial charge is 0.457 e. The minimum atomic E-state index is 0.0552. The number of rotatable bonds is 6. The van der Waals surface area contributed by atoms with Gasteiger partial charge in [0.15, 0.2) is 5.78 Å². The van der Waals surface area contributed by atoms with Crippen molar-refractivity contribution in [3.8, 4) is 11.5 Å². The van der Waals surface area contributed by atoms with E-state index in [0.29, 0.717) is 18.4 Å². The molecular weight excluding hydrogens is 250 g/mol. The molecule has 2 N–H and O–H groups in total. The highest BCUT2D eigenvalue weighted by Gasteiger charge is 2.07. The quantitative estimate of drug-likeness (QED) is 0.812. The molecule has 0 saturated heterocycles. The van der Waals surface area contributed by atoms with Gasteiger partial charge in [-0.1, -0.05) is 18.2 Å². The maximum atomic E-state index is 11.9. The van der Waals surface area contributed by atoms with Crippen molar-refractivity contribution in [3.05, 3.63) is 60.2 Å². The molecule has 0 fully saturated rings. The van der Waals surface area contributed by atoms with Crippen molar-refractivity contribution in [1.82, 2.24) is 0 Å². The summed E-state index contributed by atoms with van der Waals surface area (Å²) in [5.41, 5.74) is 6.36. The monoisotopic (exact) mass is 269 g/mol. The number of ketones is 1. The summed E-state index contributed by atoms with van der Waals surface area (Å²) in [4.78, 5) is 11.9. The van der Waals surface area contributed by atoms with Crippen LogP contribution in [-0.4, -0.2) is 11.8 Å². The summed E-state index contributed by atoms with van der Waals surface area (Å²) in [6.07, 6.45) is 1.19. The first-order valence-corrected chi connectivity index (χ1v) is 6.77. The number of hydrogen-bond donors (Lipinski definition) is 1. The summed E-state index contributed by atoms with van der Waals surface area (Å²) in [7, 11) is 0. The number of nitrogens with two attached hydrogens (primary N) is 1. The van der Waals surface area contributed by atoms with Gasteiger partial charge in [-0.05, 0) is 49.7 Å². The Morgan fingerprint density at radius 2 is 1.65 bits per heavy atom. The van der Waals surface area contributed by atoms with Crippen LogP contribution in [0.2, 0.25) is 0 Å². The summed E-state index contributed by atoms with van der Waals surface area (Å²) >= 11 is 0. The molecule has 1 unspecified atom stereocenters. The van der Waals surface area contributed by atoms with Gasteiger partial charge in [0.05, 0.1) is 0 Å².